The zero-order valence-electron chi connectivity index (χ0n) is 12.9. The van der Waals surface area contributed by atoms with Gasteiger partial charge in [-0.25, -0.2) is 13.1 Å². The molecule has 0 aliphatic rings. The molecule has 0 aliphatic heterocycles. The van der Waals surface area contributed by atoms with Gasteiger partial charge in [0.15, 0.2) is 0 Å². The number of anilines is 1. The Morgan fingerprint density at radius 2 is 1.96 bits per heavy atom. The lowest BCUT2D eigenvalue weighted by Crippen LogP contribution is -2.37. The lowest BCUT2D eigenvalue weighted by Gasteiger charge is -2.21. The summed E-state index contributed by atoms with van der Waals surface area (Å²) in [4.78, 5) is 13.3. The summed E-state index contributed by atoms with van der Waals surface area (Å²) in [6.07, 6.45) is 0. The van der Waals surface area contributed by atoms with Gasteiger partial charge in [0.2, 0.25) is 15.9 Å². The summed E-state index contributed by atoms with van der Waals surface area (Å²) < 4.78 is 31.9. The fourth-order valence-corrected chi connectivity index (χ4v) is 4.07. The SMILES string of the molecule is COc1ccc(N(CCNS(=O)(=O)c2cccs2)C(C)=O)cc1. The predicted molar refractivity (Wildman–Crippen MR) is 90.5 cm³/mol. The molecular formula is C15H18N2O4S2. The number of hydrogen-bond acceptors (Lipinski definition) is 5. The van der Waals surface area contributed by atoms with Crippen molar-refractivity contribution < 1.29 is 17.9 Å². The molecule has 23 heavy (non-hydrogen) atoms. The number of carbonyl (C=O) groups is 1. The molecule has 6 nitrogen and oxygen atoms in total. The average molecular weight is 354 g/mol. The van der Waals surface area contributed by atoms with Gasteiger partial charge in [-0.05, 0) is 35.7 Å². The van der Waals surface area contributed by atoms with Gasteiger partial charge in [-0.15, -0.1) is 11.3 Å². The zero-order chi connectivity index (χ0) is 16.9. The zero-order valence-corrected chi connectivity index (χ0v) is 14.5. The second-order valence-electron chi connectivity index (χ2n) is 4.70. The number of ether oxygens (including phenoxy) is 1. The third kappa shape index (κ3) is 4.54. The lowest BCUT2D eigenvalue weighted by atomic mass is 10.2. The fourth-order valence-electron chi connectivity index (χ4n) is 2.01. The molecule has 1 N–H and O–H groups in total. The number of thiophene rings is 1. The Kier molecular flexibility index (Phi) is 5.75. The van der Waals surface area contributed by atoms with Gasteiger partial charge in [0.25, 0.3) is 0 Å². The molecule has 0 bridgehead atoms. The summed E-state index contributed by atoms with van der Waals surface area (Å²) in [6, 6.07) is 10.2. The van der Waals surface area contributed by atoms with E-state index in [0.717, 1.165) is 11.3 Å². The standard InChI is InChI=1S/C15H18N2O4S2/c1-12(18)17(13-5-7-14(21-2)8-6-13)10-9-16-23(19,20)15-4-3-11-22-15/h3-8,11,16H,9-10H2,1-2H3. The third-order valence-electron chi connectivity index (χ3n) is 3.15. The first kappa shape index (κ1) is 17.5. The van der Waals surface area contributed by atoms with Gasteiger partial charge in [-0.2, -0.15) is 0 Å². The topological polar surface area (TPSA) is 75.7 Å². The lowest BCUT2D eigenvalue weighted by molar-refractivity contribution is -0.116. The van der Waals surface area contributed by atoms with Crippen LogP contribution in [0.25, 0.3) is 0 Å². The van der Waals surface area contributed by atoms with Crippen molar-refractivity contribution in [3.63, 3.8) is 0 Å². The molecule has 0 spiro atoms. The Bertz CT molecular complexity index is 740. The Morgan fingerprint density at radius 1 is 1.26 bits per heavy atom. The number of amides is 1. The second-order valence-corrected chi connectivity index (χ2v) is 7.64. The van der Waals surface area contributed by atoms with Crippen molar-refractivity contribution in [2.75, 3.05) is 25.1 Å². The highest BCUT2D eigenvalue weighted by Crippen LogP contribution is 2.19. The quantitative estimate of drug-likeness (QED) is 0.826. The molecule has 0 saturated carbocycles. The van der Waals surface area contributed by atoms with Crippen LogP contribution in [0.2, 0.25) is 0 Å². The molecule has 0 unspecified atom stereocenters. The molecule has 0 fully saturated rings. The predicted octanol–water partition coefficient (Wildman–Crippen LogP) is 2.09. The van der Waals surface area contributed by atoms with Gasteiger partial charge in [0.1, 0.15) is 9.96 Å². The Balaban J connectivity index is 2.01. The van der Waals surface area contributed by atoms with E-state index in [9.17, 15) is 13.2 Å². The Labute approximate surface area is 139 Å². The number of benzene rings is 1. The molecule has 1 aromatic carbocycles. The van der Waals surface area contributed by atoms with Crippen LogP contribution in [0.4, 0.5) is 5.69 Å². The van der Waals surface area contributed by atoms with Gasteiger partial charge in [-0.1, -0.05) is 6.07 Å². The minimum absolute atomic E-state index is 0.131. The third-order valence-corrected chi connectivity index (χ3v) is 6.01. The first-order chi connectivity index (χ1) is 10.9. The Morgan fingerprint density at radius 3 is 2.48 bits per heavy atom. The molecule has 1 heterocycles. The number of sulfonamides is 1. The number of hydrogen-bond donors (Lipinski definition) is 1. The highest BCUT2D eigenvalue weighted by atomic mass is 32.2. The van der Waals surface area contributed by atoms with Crippen LogP contribution in [0.3, 0.4) is 0 Å². The molecular weight excluding hydrogens is 336 g/mol. The molecule has 8 heteroatoms. The monoisotopic (exact) mass is 354 g/mol. The van der Waals surface area contributed by atoms with E-state index in [4.69, 9.17) is 4.74 Å². The fraction of sp³-hybridized carbons (Fsp3) is 0.267. The number of nitrogens with one attached hydrogen (secondary N) is 1. The Hall–Kier alpha value is -1.90. The number of methoxy groups -OCH3 is 1. The minimum Gasteiger partial charge on any atom is -0.497 e. The molecule has 124 valence electrons. The van der Waals surface area contributed by atoms with Crippen LogP contribution in [-0.2, 0) is 14.8 Å². The highest BCUT2D eigenvalue weighted by molar-refractivity contribution is 7.91. The van der Waals surface area contributed by atoms with Crippen LogP contribution < -0.4 is 14.4 Å². The van der Waals surface area contributed by atoms with Gasteiger partial charge in [0, 0.05) is 25.7 Å². The summed E-state index contributed by atoms with van der Waals surface area (Å²) in [5.41, 5.74) is 0.689. The van der Waals surface area contributed by atoms with E-state index in [1.54, 1.807) is 48.9 Å². The molecule has 2 aromatic rings. The van der Waals surface area contributed by atoms with E-state index < -0.39 is 10.0 Å². The molecule has 0 saturated heterocycles. The van der Waals surface area contributed by atoms with E-state index >= 15 is 0 Å². The number of nitrogens with zero attached hydrogens (tertiary/aromatic N) is 1. The van der Waals surface area contributed by atoms with Crippen LogP contribution in [0.1, 0.15) is 6.92 Å². The molecule has 1 amide bonds. The van der Waals surface area contributed by atoms with Crippen LogP contribution in [0.15, 0.2) is 46.0 Å². The maximum absolute atomic E-state index is 12.0. The smallest absolute Gasteiger partial charge is 0.250 e. The maximum Gasteiger partial charge on any atom is 0.250 e. The first-order valence-corrected chi connectivity index (χ1v) is 9.25. The number of carbonyl (C=O) groups excluding carboxylic acids is 1. The van der Waals surface area contributed by atoms with Crippen LogP contribution >= 0.6 is 11.3 Å². The normalized spacial score (nSPS) is 11.2. The first-order valence-electron chi connectivity index (χ1n) is 6.89. The van der Waals surface area contributed by atoms with Crippen molar-refractivity contribution in [3.05, 3.63) is 41.8 Å². The molecule has 2 rings (SSSR count). The van der Waals surface area contributed by atoms with Gasteiger partial charge >= 0.3 is 0 Å². The summed E-state index contributed by atoms with van der Waals surface area (Å²) in [5, 5.41) is 1.70. The second kappa shape index (κ2) is 7.58. The summed E-state index contributed by atoms with van der Waals surface area (Å²) in [5.74, 6) is 0.529. The highest BCUT2D eigenvalue weighted by Gasteiger charge is 2.16. The van der Waals surface area contributed by atoms with Crippen molar-refractivity contribution >= 4 is 33.0 Å². The summed E-state index contributed by atoms with van der Waals surface area (Å²) >= 11 is 1.15. The van der Waals surface area contributed by atoms with Crippen molar-refractivity contribution in [2.45, 2.75) is 11.1 Å². The molecule has 0 aliphatic carbocycles. The van der Waals surface area contributed by atoms with Gasteiger partial charge < -0.3 is 9.64 Å². The average Bonchev–Trinajstić information content (AvgIpc) is 3.07. The van der Waals surface area contributed by atoms with Crippen molar-refractivity contribution in [2.24, 2.45) is 0 Å². The van der Waals surface area contributed by atoms with Crippen molar-refractivity contribution in [3.8, 4) is 5.75 Å². The van der Waals surface area contributed by atoms with Crippen LogP contribution in [0, 0.1) is 0 Å². The van der Waals surface area contributed by atoms with Gasteiger partial charge in [-0.3, -0.25) is 4.79 Å². The molecule has 1 aromatic heterocycles. The number of rotatable bonds is 7. The maximum atomic E-state index is 12.0. The largest absolute Gasteiger partial charge is 0.497 e. The van der Waals surface area contributed by atoms with Gasteiger partial charge in [0.05, 0.1) is 7.11 Å². The van der Waals surface area contributed by atoms with E-state index in [-0.39, 0.29) is 23.2 Å². The summed E-state index contributed by atoms with van der Waals surface area (Å²) in [6.45, 7) is 1.82. The van der Waals surface area contributed by atoms with E-state index in [0.29, 0.717) is 11.4 Å². The van der Waals surface area contributed by atoms with Crippen LogP contribution in [0.5, 0.6) is 5.75 Å². The molecule has 0 radical (unpaired) electrons. The summed E-state index contributed by atoms with van der Waals surface area (Å²) in [7, 11) is -1.95. The van der Waals surface area contributed by atoms with Crippen LogP contribution in [-0.4, -0.2) is 34.5 Å². The van der Waals surface area contributed by atoms with E-state index in [1.165, 1.54) is 11.8 Å². The molecule has 0 atom stereocenters. The minimum atomic E-state index is -3.52. The van der Waals surface area contributed by atoms with E-state index in [2.05, 4.69) is 4.72 Å². The van der Waals surface area contributed by atoms with Crippen molar-refractivity contribution in [1.82, 2.24) is 4.72 Å². The van der Waals surface area contributed by atoms with E-state index in [1.807, 2.05) is 0 Å². The van der Waals surface area contributed by atoms with Crippen molar-refractivity contribution in [1.29, 1.82) is 0 Å².